The molecule has 0 atom stereocenters. The average molecular weight is 360 g/mol. The van der Waals surface area contributed by atoms with E-state index < -0.39 is 0 Å². The zero-order chi connectivity index (χ0) is 18.8. The van der Waals surface area contributed by atoms with E-state index in [2.05, 4.69) is 18.8 Å². The fourth-order valence-corrected chi connectivity index (χ4v) is 2.28. The predicted octanol–water partition coefficient (Wildman–Crippen LogP) is 6.25. The van der Waals surface area contributed by atoms with Gasteiger partial charge >= 0.3 is 0 Å². The van der Waals surface area contributed by atoms with Crippen LogP contribution in [0.2, 0.25) is 5.02 Å². The highest BCUT2D eigenvalue weighted by Gasteiger charge is 2.06. The minimum absolute atomic E-state index is 0.427. The van der Waals surface area contributed by atoms with Crippen molar-refractivity contribution < 1.29 is 9.21 Å². The number of fused-ring (bicyclic) bond motifs is 1. The zero-order valence-electron chi connectivity index (χ0n) is 15.6. The Hall–Kier alpha value is -2.13. The van der Waals surface area contributed by atoms with E-state index in [9.17, 15) is 4.79 Å². The van der Waals surface area contributed by atoms with Gasteiger partial charge in [0.25, 0.3) is 0 Å². The Kier molecular flexibility index (Phi) is 8.93. The fraction of sp³-hybridized carbons (Fsp3) is 0.333. The second-order valence-corrected chi connectivity index (χ2v) is 6.23. The third-order valence-corrected chi connectivity index (χ3v) is 3.67. The third kappa shape index (κ3) is 6.71. The van der Waals surface area contributed by atoms with Gasteiger partial charge in [0.15, 0.2) is 11.5 Å². The molecular formula is C21H26ClNO2. The molecule has 1 aromatic heterocycles. The summed E-state index contributed by atoms with van der Waals surface area (Å²) < 4.78 is 5.41. The molecule has 1 heterocycles. The summed E-state index contributed by atoms with van der Waals surface area (Å²) in [6.45, 7) is 10.0. The molecule has 0 bridgehead atoms. The van der Waals surface area contributed by atoms with Gasteiger partial charge in [-0.05, 0) is 42.7 Å². The fourth-order valence-electron chi connectivity index (χ4n) is 2.14. The highest BCUT2D eigenvalue weighted by molar-refractivity contribution is 6.31. The van der Waals surface area contributed by atoms with Crippen molar-refractivity contribution in [3.05, 3.63) is 64.0 Å². The van der Waals surface area contributed by atoms with Crippen molar-refractivity contribution in [1.29, 1.82) is 0 Å². The van der Waals surface area contributed by atoms with E-state index in [1.54, 1.807) is 0 Å². The van der Waals surface area contributed by atoms with Gasteiger partial charge in [-0.25, -0.2) is 4.98 Å². The highest BCUT2D eigenvalue weighted by Crippen LogP contribution is 2.21. The summed E-state index contributed by atoms with van der Waals surface area (Å²) >= 11 is 5.71. The molecule has 134 valence electrons. The topological polar surface area (TPSA) is 43.1 Å². The second kappa shape index (κ2) is 10.7. The molecular weight excluding hydrogens is 334 g/mol. The first-order valence-corrected chi connectivity index (χ1v) is 8.82. The zero-order valence-corrected chi connectivity index (χ0v) is 16.4. The van der Waals surface area contributed by atoms with Crippen molar-refractivity contribution in [2.45, 2.75) is 47.5 Å². The summed E-state index contributed by atoms with van der Waals surface area (Å²) in [6.07, 6.45) is 2.57. The lowest BCUT2D eigenvalue weighted by atomic mass is 10.1. The van der Waals surface area contributed by atoms with Crippen LogP contribution < -0.4 is 0 Å². The molecule has 2 aromatic carbocycles. The van der Waals surface area contributed by atoms with Crippen molar-refractivity contribution in [2.24, 2.45) is 0 Å². The number of rotatable bonds is 2. The van der Waals surface area contributed by atoms with Crippen molar-refractivity contribution in [1.82, 2.24) is 4.98 Å². The van der Waals surface area contributed by atoms with Crippen molar-refractivity contribution >= 4 is 29.0 Å². The van der Waals surface area contributed by atoms with Crippen molar-refractivity contribution in [3.8, 4) is 0 Å². The average Bonchev–Trinajstić information content (AvgIpc) is 2.93. The number of hydrogen-bond acceptors (Lipinski definition) is 3. The van der Waals surface area contributed by atoms with Gasteiger partial charge in [0.1, 0.15) is 11.8 Å². The molecule has 0 saturated carbocycles. The highest BCUT2D eigenvalue weighted by atomic mass is 35.5. The predicted molar refractivity (Wildman–Crippen MR) is 105 cm³/mol. The Morgan fingerprint density at radius 3 is 2.24 bits per heavy atom. The van der Waals surface area contributed by atoms with Gasteiger partial charge in [0, 0.05) is 18.4 Å². The van der Waals surface area contributed by atoms with Gasteiger partial charge < -0.3 is 9.21 Å². The van der Waals surface area contributed by atoms with E-state index >= 15 is 0 Å². The second-order valence-electron chi connectivity index (χ2n) is 5.82. The number of oxazole rings is 1. The summed E-state index contributed by atoms with van der Waals surface area (Å²) in [7, 11) is 0. The lowest BCUT2D eigenvalue weighted by Crippen LogP contribution is -1.87. The summed E-state index contributed by atoms with van der Waals surface area (Å²) in [5.74, 6) is 0.659. The summed E-state index contributed by atoms with van der Waals surface area (Å²) in [4.78, 5) is 14.6. The quantitative estimate of drug-likeness (QED) is 0.508. The lowest BCUT2D eigenvalue weighted by molar-refractivity contribution is -0.107. The van der Waals surface area contributed by atoms with E-state index in [0.29, 0.717) is 12.3 Å². The van der Waals surface area contributed by atoms with Crippen LogP contribution in [0.25, 0.3) is 11.1 Å². The van der Waals surface area contributed by atoms with Crippen LogP contribution in [0.5, 0.6) is 0 Å². The molecule has 0 radical (unpaired) electrons. The van der Waals surface area contributed by atoms with Gasteiger partial charge in [0.2, 0.25) is 0 Å². The third-order valence-electron chi connectivity index (χ3n) is 3.25. The first kappa shape index (κ1) is 20.9. The van der Waals surface area contributed by atoms with Crippen molar-refractivity contribution in [2.75, 3.05) is 0 Å². The Labute approximate surface area is 155 Å². The lowest BCUT2D eigenvalue weighted by Gasteiger charge is -1.97. The van der Waals surface area contributed by atoms with Crippen LogP contribution in [-0.2, 0) is 11.2 Å². The SMILES string of the molecule is CCC.Cc1ccccc1Cl.Cc1nc2c(C)cc(CC=O)cc2o1. The molecule has 0 unspecified atom stereocenters. The normalized spacial score (nSPS) is 9.68. The standard InChI is InChI=1S/C11H11NO2.C7H7Cl.C3H8/c1-7-5-9(3-4-13)6-10-11(7)12-8(2)14-10;1-6-4-2-3-5-7(6)8;1-3-2/h4-6H,3H2,1-2H3;2-5H,1H3;3H2,1-2H3. The molecule has 0 amide bonds. The van der Waals surface area contributed by atoms with Gasteiger partial charge in [-0.2, -0.15) is 0 Å². The van der Waals surface area contributed by atoms with Crippen LogP contribution in [0, 0.1) is 20.8 Å². The van der Waals surface area contributed by atoms with Gasteiger partial charge in [-0.15, -0.1) is 0 Å². The molecule has 0 N–H and O–H groups in total. The molecule has 0 fully saturated rings. The van der Waals surface area contributed by atoms with Crippen LogP contribution >= 0.6 is 11.6 Å². The molecule has 3 nitrogen and oxygen atoms in total. The maximum atomic E-state index is 10.4. The molecule has 0 saturated heterocycles. The number of carbonyl (C=O) groups is 1. The molecule has 3 rings (SSSR count). The van der Waals surface area contributed by atoms with E-state index in [1.807, 2.05) is 57.2 Å². The largest absolute Gasteiger partial charge is 0.441 e. The van der Waals surface area contributed by atoms with Crippen LogP contribution in [0.3, 0.4) is 0 Å². The van der Waals surface area contributed by atoms with E-state index in [4.69, 9.17) is 16.0 Å². The Morgan fingerprint density at radius 1 is 1.08 bits per heavy atom. The van der Waals surface area contributed by atoms with E-state index in [1.165, 1.54) is 6.42 Å². The smallest absolute Gasteiger partial charge is 0.192 e. The monoisotopic (exact) mass is 359 g/mol. The first-order valence-electron chi connectivity index (χ1n) is 8.44. The number of carbonyl (C=O) groups excluding carboxylic acids is 1. The summed E-state index contributed by atoms with van der Waals surface area (Å²) in [5.41, 5.74) is 4.81. The van der Waals surface area contributed by atoms with Crippen molar-refractivity contribution in [3.63, 3.8) is 0 Å². The van der Waals surface area contributed by atoms with Gasteiger partial charge in [-0.1, -0.05) is 56.1 Å². The van der Waals surface area contributed by atoms with Crippen LogP contribution in [0.15, 0.2) is 40.8 Å². The molecule has 25 heavy (non-hydrogen) atoms. The number of aromatic nitrogens is 1. The number of hydrogen-bond donors (Lipinski definition) is 0. The molecule has 0 aliphatic rings. The Morgan fingerprint density at radius 2 is 1.72 bits per heavy atom. The summed E-state index contributed by atoms with van der Waals surface area (Å²) in [5, 5.41) is 0.840. The van der Waals surface area contributed by atoms with Crippen LogP contribution in [0.1, 0.15) is 42.8 Å². The van der Waals surface area contributed by atoms with Gasteiger partial charge in [0.05, 0.1) is 0 Å². The molecule has 0 aliphatic carbocycles. The number of halogens is 1. The van der Waals surface area contributed by atoms with Crippen LogP contribution in [0.4, 0.5) is 0 Å². The minimum Gasteiger partial charge on any atom is -0.441 e. The first-order chi connectivity index (χ1) is 11.9. The number of benzene rings is 2. The molecule has 4 heteroatoms. The minimum atomic E-state index is 0.427. The maximum Gasteiger partial charge on any atom is 0.192 e. The Balaban J connectivity index is 0.000000241. The number of nitrogens with zero attached hydrogens (tertiary/aromatic N) is 1. The molecule has 0 aliphatic heterocycles. The van der Waals surface area contributed by atoms with Crippen LogP contribution in [-0.4, -0.2) is 11.3 Å². The van der Waals surface area contributed by atoms with E-state index in [0.717, 1.165) is 39.1 Å². The Bertz CT molecular complexity index is 788. The number of aryl methyl sites for hydroxylation is 3. The van der Waals surface area contributed by atoms with E-state index in [-0.39, 0.29) is 0 Å². The summed E-state index contributed by atoms with van der Waals surface area (Å²) in [6, 6.07) is 11.6. The van der Waals surface area contributed by atoms with Gasteiger partial charge in [-0.3, -0.25) is 0 Å². The molecule has 0 spiro atoms. The molecule has 3 aromatic rings. The number of aldehydes is 1. The maximum absolute atomic E-state index is 10.4.